The summed E-state index contributed by atoms with van der Waals surface area (Å²) in [5.41, 5.74) is 6.45. The van der Waals surface area contributed by atoms with E-state index in [1.807, 2.05) is 6.07 Å². The number of nitriles is 1. The van der Waals surface area contributed by atoms with Crippen LogP contribution in [0.25, 0.3) is 11.3 Å². The van der Waals surface area contributed by atoms with Gasteiger partial charge in [-0.3, -0.25) is 0 Å². The molecule has 0 bridgehead atoms. The highest BCUT2D eigenvalue weighted by atomic mass is 19.4. The van der Waals surface area contributed by atoms with Crippen molar-refractivity contribution in [3.05, 3.63) is 41.0 Å². The molecule has 98 valence electrons. The molecule has 1 heterocycles. The summed E-state index contributed by atoms with van der Waals surface area (Å²) in [7, 11) is 0. The number of alkyl halides is 3. The summed E-state index contributed by atoms with van der Waals surface area (Å²) in [5.74, 6) is 0.160. The van der Waals surface area contributed by atoms with Crippen molar-refractivity contribution in [3.8, 4) is 17.3 Å². The van der Waals surface area contributed by atoms with Gasteiger partial charge < -0.3 is 10.7 Å². The Morgan fingerprint density at radius 1 is 1.32 bits per heavy atom. The molecule has 0 unspecified atom stereocenters. The number of hydrogen-bond donors (Lipinski definition) is 2. The van der Waals surface area contributed by atoms with Crippen molar-refractivity contribution in [2.45, 2.75) is 13.1 Å². The number of anilines is 1. The Kier molecular flexibility index (Phi) is 2.98. The summed E-state index contributed by atoms with van der Waals surface area (Å²) in [6, 6.07) is 6.80. The Balaban J connectivity index is 2.58. The number of H-pyrrole nitrogens is 1. The summed E-state index contributed by atoms with van der Waals surface area (Å²) < 4.78 is 37.9. The Labute approximate surface area is 107 Å². The van der Waals surface area contributed by atoms with E-state index in [0.717, 1.165) is 12.1 Å². The van der Waals surface area contributed by atoms with Gasteiger partial charge in [0, 0.05) is 0 Å². The van der Waals surface area contributed by atoms with Crippen LogP contribution >= 0.6 is 0 Å². The fraction of sp³-hybridized carbons (Fsp3) is 0.154. The van der Waals surface area contributed by atoms with E-state index in [9.17, 15) is 13.2 Å². The van der Waals surface area contributed by atoms with Crippen LogP contribution in [0, 0.1) is 18.3 Å². The molecule has 0 atom stereocenters. The zero-order chi connectivity index (χ0) is 14.2. The van der Waals surface area contributed by atoms with Crippen LogP contribution in [0.2, 0.25) is 0 Å². The topological polar surface area (TPSA) is 65.6 Å². The molecule has 6 heteroatoms. The van der Waals surface area contributed by atoms with Crippen molar-refractivity contribution >= 4 is 5.82 Å². The van der Waals surface area contributed by atoms with Gasteiger partial charge in [-0.1, -0.05) is 12.1 Å². The molecule has 0 aliphatic rings. The molecule has 0 aliphatic carbocycles. The molecule has 2 aromatic rings. The first-order valence-corrected chi connectivity index (χ1v) is 5.40. The van der Waals surface area contributed by atoms with Crippen molar-refractivity contribution in [3.63, 3.8) is 0 Å². The maximum atomic E-state index is 12.6. The largest absolute Gasteiger partial charge is 0.416 e. The third-order valence-corrected chi connectivity index (χ3v) is 2.87. The summed E-state index contributed by atoms with van der Waals surface area (Å²) in [4.78, 5) is 2.75. The first-order valence-electron chi connectivity index (χ1n) is 5.40. The molecule has 3 N–H and O–H groups in total. The molecular formula is C13H10F3N3. The van der Waals surface area contributed by atoms with Crippen LogP contribution in [0.15, 0.2) is 24.3 Å². The number of nitrogens with one attached hydrogen (secondary N) is 1. The predicted octanol–water partition coefficient (Wildman–Crippen LogP) is 3.46. The van der Waals surface area contributed by atoms with Gasteiger partial charge in [0.15, 0.2) is 0 Å². The summed E-state index contributed by atoms with van der Waals surface area (Å²) in [6.07, 6.45) is -4.40. The molecule has 0 saturated heterocycles. The highest BCUT2D eigenvalue weighted by molar-refractivity contribution is 5.73. The van der Waals surface area contributed by atoms with Gasteiger partial charge in [-0.2, -0.15) is 18.4 Å². The Morgan fingerprint density at radius 3 is 2.53 bits per heavy atom. The van der Waals surface area contributed by atoms with E-state index in [2.05, 4.69) is 4.98 Å². The number of halogens is 3. The molecule has 0 saturated carbocycles. The number of rotatable bonds is 1. The molecule has 3 nitrogen and oxygen atoms in total. The van der Waals surface area contributed by atoms with Gasteiger partial charge >= 0.3 is 6.18 Å². The number of aromatic amines is 1. The van der Waals surface area contributed by atoms with Crippen molar-refractivity contribution < 1.29 is 13.2 Å². The van der Waals surface area contributed by atoms with Crippen molar-refractivity contribution in [2.24, 2.45) is 0 Å². The first kappa shape index (κ1) is 13.0. The molecule has 0 spiro atoms. The molecule has 1 aromatic heterocycles. The van der Waals surface area contributed by atoms with Crippen LogP contribution in [0.5, 0.6) is 0 Å². The van der Waals surface area contributed by atoms with Crippen LogP contribution in [-0.2, 0) is 6.18 Å². The van der Waals surface area contributed by atoms with E-state index < -0.39 is 11.7 Å². The van der Waals surface area contributed by atoms with Crippen molar-refractivity contribution in [2.75, 3.05) is 5.73 Å². The Bertz CT molecular complexity index is 663. The monoisotopic (exact) mass is 265 g/mol. The summed E-state index contributed by atoms with van der Waals surface area (Å²) in [5, 5.41) is 8.91. The van der Waals surface area contributed by atoms with Gasteiger partial charge in [0.2, 0.25) is 0 Å². The smallest absolute Gasteiger partial charge is 0.384 e. The normalized spacial score (nSPS) is 11.3. The molecule has 0 fully saturated rings. The average Bonchev–Trinajstić information content (AvgIpc) is 2.63. The third kappa shape index (κ3) is 2.27. The number of nitrogens with two attached hydrogens (primary N) is 1. The van der Waals surface area contributed by atoms with E-state index in [4.69, 9.17) is 11.0 Å². The standard InChI is InChI=1S/C13H10F3N3/c1-7-10(6-17)12(18)19-11(7)8-3-2-4-9(5-8)13(14,15)16/h2-5,19H,18H2,1H3. The second-order valence-corrected chi connectivity index (χ2v) is 4.10. The number of hydrogen-bond acceptors (Lipinski definition) is 2. The molecule has 0 aliphatic heterocycles. The molecule has 0 amide bonds. The van der Waals surface area contributed by atoms with Crippen LogP contribution in [0.1, 0.15) is 16.7 Å². The molecule has 19 heavy (non-hydrogen) atoms. The lowest BCUT2D eigenvalue weighted by atomic mass is 10.0. The quantitative estimate of drug-likeness (QED) is 0.829. The van der Waals surface area contributed by atoms with Crippen molar-refractivity contribution in [1.29, 1.82) is 5.26 Å². The fourth-order valence-electron chi connectivity index (χ4n) is 1.90. The van der Waals surface area contributed by atoms with E-state index in [0.29, 0.717) is 16.8 Å². The maximum absolute atomic E-state index is 12.6. The summed E-state index contributed by atoms with van der Waals surface area (Å²) in [6.45, 7) is 1.64. The average molecular weight is 265 g/mol. The first-order chi connectivity index (χ1) is 8.84. The Hall–Kier alpha value is -2.42. The predicted molar refractivity (Wildman–Crippen MR) is 65.1 cm³/mol. The van der Waals surface area contributed by atoms with E-state index >= 15 is 0 Å². The third-order valence-electron chi connectivity index (χ3n) is 2.87. The van der Waals surface area contributed by atoms with Crippen LogP contribution < -0.4 is 5.73 Å². The number of nitrogen functional groups attached to an aromatic ring is 1. The minimum absolute atomic E-state index is 0.160. The Morgan fingerprint density at radius 2 is 2.00 bits per heavy atom. The molecular weight excluding hydrogens is 255 g/mol. The van der Waals surface area contributed by atoms with Gasteiger partial charge in [-0.15, -0.1) is 0 Å². The lowest BCUT2D eigenvalue weighted by Crippen LogP contribution is -2.04. The van der Waals surface area contributed by atoms with Gasteiger partial charge in [-0.05, 0) is 30.2 Å². The minimum Gasteiger partial charge on any atom is -0.384 e. The number of benzene rings is 1. The highest BCUT2D eigenvalue weighted by Crippen LogP contribution is 2.34. The van der Waals surface area contributed by atoms with E-state index in [1.165, 1.54) is 12.1 Å². The van der Waals surface area contributed by atoms with Crippen LogP contribution in [-0.4, -0.2) is 4.98 Å². The van der Waals surface area contributed by atoms with Gasteiger partial charge in [0.1, 0.15) is 11.9 Å². The van der Waals surface area contributed by atoms with Gasteiger partial charge in [0.25, 0.3) is 0 Å². The zero-order valence-electron chi connectivity index (χ0n) is 9.97. The maximum Gasteiger partial charge on any atom is 0.416 e. The lowest BCUT2D eigenvalue weighted by molar-refractivity contribution is -0.137. The molecule has 0 radical (unpaired) electrons. The molecule has 1 aromatic carbocycles. The highest BCUT2D eigenvalue weighted by Gasteiger charge is 2.30. The summed E-state index contributed by atoms with van der Waals surface area (Å²) >= 11 is 0. The van der Waals surface area contributed by atoms with Crippen LogP contribution in [0.4, 0.5) is 19.0 Å². The van der Waals surface area contributed by atoms with E-state index in [1.54, 1.807) is 6.92 Å². The number of aromatic nitrogens is 1. The second-order valence-electron chi connectivity index (χ2n) is 4.10. The second kappa shape index (κ2) is 4.35. The molecule has 2 rings (SSSR count). The van der Waals surface area contributed by atoms with Gasteiger partial charge in [-0.25, -0.2) is 0 Å². The van der Waals surface area contributed by atoms with E-state index in [-0.39, 0.29) is 11.4 Å². The zero-order valence-corrected chi connectivity index (χ0v) is 9.97. The SMILES string of the molecule is Cc1c(-c2cccc(C(F)(F)F)c2)[nH]c(N)c1C#N. The van der Waals surface area contributed by atoms with Crippen molar-refractivity contribution in [1.82, 2.24) is 4.98 Å². The van der Waals surface area contributed by atoms with Gasteiger partial charge in [0.05, 0.1) is 16.8 Å². The lowest BCUT2D eigenvalue weighted by Gasteiger charge is -2.08. The number of nitrogens with zero attached hydrogens (tertiary/aromatic N) is 1. The minimum atomic E-state index is -4.40. The van der Waals surface area contributed by atoms with Crippen LogP contribution in [0.3, 0.4) is 0 Å². The fourth-order valence-corrected chi connectivity index (χ4v) is 1.90.